The number of hydrogen-bond donors (Lipinski definition) is 0. The number of rotatable bonds is 2. The van der Waals surface area contributed by atoms with Gasteiger partial charge in [-0.3, -0.25) is 0 Å². The standard InChI is InChI=1S/C20H11Cl3N2/c21-13-7-9-18-16(10-13)19(12-4-2-1-3-5-12)25-20(24-18)15-8-6-14(22)11-17(15)23/h1-11H. The number of hydrogen-bond acceptors (Lipinski definition) is 2. The summed E-state index contributed by atoms with van der Waals surface area (Å²) in [4.78, 5) is 9.44. The van der Waals surface area contributed by atoms with Gasteiger partial charge in [-0.25, -0.2) is 9.97 Å². The van der Waals surface area contributed by atoms with Crippen molar-refractivity contribution in [3.8, 4) is 22.6 Å². The summed E-state index contributed by atoms with van der Waals surface area (Å²) in [5.41, 5.74) is 3.34. The smallest absolute Gasteiger partial charge is 0.161 e. The van der Waals surface area contributed by atoms with Crippen LogP contribution in [0.1, 0.15) is 0 Å². The second kappa shape index (κ2) is 6.64. The van der Waals surface area contributed by atoms with Gasteiger partial charge in [0, 0.05) is 26.6 Å². The molecule has 0 N–H and O–H groups in total. The Morgan fingerprint density at radius 1 is 0.680 bits per heavy atom. The normalized spacial score (nSPS) is 11.0. The van der Waals surface area contributed by atoms with Gasteiger partial charge in [-0.15, -0.1) is 0 Å². The molecule has 122 valence electrons. The Bertz CT molecular complexity index is 1080. The van der Waals surface area contributed by atoms with E-state index in [9.17, 15) is 0 Å². The summed E-state index contributed by atoms with van der Waals surface area (Å²) in [6, 6.07) is 20.8. The van der Waals surface area contributed by atoms with Gasteiger partial charge in [0.1, 0.15) is 0 Å². The number of halogens is 3. The van der Waals surface area contributed by atoms with Crippen molar-refractivity contribution in [1.29, 1.82) is 0 Å². The fraction of sp³-hybridized carbons (Fsp3) is 0. The zero-order valence-corrected chi connectivity index (χ0v) is 15.1. The zero-order valence-electron chi connectivity index (χ0n) is 12.9. The lowest BCUT2D eigenvalue weighted by molar-refractivity contribution is 1.23. The molecule has 0 fully saturated rings. The Morgan fingerprint density at radius 3 is 2.16 bits per heavy atom. The van der Waals surface area contributed by atoms with Crippen LogP contribution in [0, 0.1) is 0 Å². The van der Waals surface area contributed by atoms with Crippen molar-refractivity contribution in [3.05, 3.63) is 81.8 Å². The molecule has 3 aromatic carbocycles. The topological polar surface area (TPSA) is 25.8 Å². The van der Waals surface area contributed by atoms with Crippen LogP contribution in [-0.4, -0.2) is 9.97 Å². The van der Waals surface area contributed by atoms with Gasteiger partial charge in [0.15, 0.2) is 5.82 Å². The summed E-state index contributed by atoms with van der Waals surface area (Å²) < 4.78 is 0. The highest BCUT2D eigenvalue weighted by Gasteiger charge is 2.14. The fourth-order valence-electron chi connectivity index (χ4n) is 2.71. The van der Waals surface area contributed by atoms with E-state index in [1.165, 1.54) is 0 Å². The molecule has 1 heterocycles. The first-order chi connectivity index (χ1) is 12.1. The van der Waals surface area contributed by atoms with E-state index in [0.29, 0.717) is 20.9 Å². The fourth-order valence-corrected chi connectivity index (χ4v) is 3.37. The average Bonchev–Trinajstić information content (AvgIpc) is 2.62. The van der Waals surface area contributed by atoms with Gasteiger partial charge in [-0.1, -0.05) is 65.1 Å². The molecule has 0 spiro atoms. The van der Waals surface area contributed by atoms with E-state index in [0.717, 1.165) is 27.7 Å². The monoisotopic (exact) mass is 384 g/mol. The third-order valence-corrected chi connectivity index (χ3v) is 4.66. The largest absolute Gasteiger partial charge is 0.228 e. The van der Waals surface area contributed by atoms with Crippen LogP contribution in [0.2, 0.25) is 15.1 Å². The van der Waals surface area contributed by atoms with E-state index in [1.54, 1.807) is 12.1 Å². The molecule has 2 nitrogen and oxygen atoms in total. The quantitative estimate of drug-likeness (QED) is 0.374. The summed E-state index contributed by atoms with van der Waals surface area (Å²) in [6.07, 6.45) is 0. The first-order valence-electron chi connectivity index (χ1n) is 7.60. The van der Waals surface area contributed by atoms with Crippen LogP contribution in [0.4, 0.5) is 0 Å². The van der Waals surface area contributed by atoms with Crippen molar-refractivity contribution in [2.45, 2.75) is 0 Å². The number of benzene rings is 3. The minimum absolute atomic E-state index is 0.514. The summed E-state index contributed by atoms with van der Waals surface area (Å²) >= 11 is 18.5. The number of nitrogens with zero attached hydrogens (tertiary/aromatic N) is 2. The van der Waals surface area contributed by atoms with Gasteiger partial charge in [0.05, 0.1) is 16.2 Å². The minimum Gasteiger partial charge on any atom is -0.228 e. The molecular formula is C20H11Cl3N2. The lowest BCUT2D eigenvalue weighted by atomic mass is 10.1. The molecule has 0 aliphatic carbocycles. The van der Waals surface area contributed by atoms with E-state index >= 15 is 0 Å². The third-order valence-electron chi connectivity index (χ3n) is 3.88. The Labute approximate surface area is 160 Å². The SMILES string of the molecule is Clc1ccc(-c2nc(-c3ccccc3)c3cc(Cl)ccc3n2)c(Cl)c1. The molecule has 0 bridgehead atoms. The molecule has 25 heavy (non-hydrogen) atoms. The van der Waals surface area contributed by atoms with E-state index in [4.69, 9.17) is 39.8 Å². The number of aromatic nitrogens is 2. The second-order valence-electron chi connectivity index (χ2n) is 5.55. The summed E-state index contributed by atoms with van der Waals surface area (Å²) in [6.45, 7) is 0. The minimum atomic E-state index is 0.514. The lowest BCUT2D eigenvalue weighted by Crippen LogP contribution is -1.95. The maximum atomic E-state index is 6.35. The molecule has 0 aliphatic heterocycles. The van der Waals surface area contributed by atoms with Crippen LogP contribution in [0.15, 0.2) is 66.7 Å². The Balaban J connectivity index is 2.03. The van der Waals surface area contributed by atoms with Gasteiger partial charge in [0.2, 0.25) is 0 Å². The van der Waals surface area contributed by atoms with E-state index < -0.39 is 0 Å². The highest BCUT2D eigenvalue weighted by Crippen LogP contribution is 2.33. The van der Waals surface area contributed by atoms with Crippen LogP contribution in [0.3, 0.4) is 0 Å². The Hall–Kier alpha value is -2.13. The molecule has 0 amide bonds. The predicted octanol–water partition coefficient (Wildman–Crippen LogP) is 6.92. The average molecular weight is 386 g/mol. The number of fused-ring (bicyclic) bond motifs is 1. The van der Waals surface area contributed by atoms with Crippen LogP contribution < -0.4 is 0 Å². The zero-order chi connectivity index (χ0) is 17.4. The maximum absolute atomic E-state index is 6.35. The first kappa shape index (κ1) is 16.3. The lowest BCUT2D eigenvalue weighted by Gasteiger charge is -2.10. The van der Waals surface area contributed by atoms with Crippen molar-refractivity contribution in [2.75, 3.05) is 0 Å². The van der Waals surface area contributed by atoms with Crippen molar-refractivity contribution >= 4 is 45.7 Å². The molecule has 0 saturated carbocycles. The van der Waals surface area contributed by atoms with Crippen LogP contribution in [-0.2, 0) is 0 Å². The third kappa shape index (κ3) is 3.21. The molecule has 0 saturated heterocycles. The Kier molecular flexibility index (Phi) is 4.34. The molecule has 4 aromatic rings. The van der Waals surface area contributed by atoms with Crippen molar-refractivity contribution in [2.24, 2.45) is 0 Å². The molecule has 0 unspecified atom stereocenters. The summed E-state index contributed by atoms with van der Waals surface area (Å²) in [5, 5.41) is 2.63. The van der Waals surface area contributed by atoms with Gasteiger partial charge in [-0.05, 0) is 36.4 Å². The van der Waals surface area contributed by atoms with E-state index in [2.05, 4.69) is 4.98 Å². The molecule has 4 rings (SSSR count). The summed E-state index contributed by atoms with van der Waals surface area (Å²) in [5.74, 6) is 0.551. The molecule has 5 heteroatoms. The van der Waals surface area contributed by atoms with Crippen LogP contribution in [0.5, 0.6) is 0 Å². The van der Waals surface area contributed by atoms with Crippen molar-refractivity contribution in [1.82, 2.24) is 9.97 Å². The van der Waals surface area contributed by atoms with Crippen molar-refractivity contribution < 1.29 is 0 Å². The predicted molar refractivity (Wildman–Crippen MR) is 105 cm³/mol. The van der Waals surface area contributed by atoms with E-state index in [1.807, 2.05) is 54.6 Å². The molecule has 0 radical (unpaired) electrons. The molecular weight excluding hydrogens is 375 g/mol. The van der Waals surface area contributed by atoms with Crippen LogP contribution in [0.25, 0.3) is 33.5 Å². The molecule has 1 aromatic heterocycles. The maximum Gasteiger partial charge on any atom is 0.161 e. The van der Waals surface area contributed by atoms with Crippen molar-refractivity contribution in [3.63, 3.8) is 0 Å². The first-order valence-corrected chi connectivity index (χ1v) is 8.73. The van der Waals surface area contributed by atoms with Crippen LogP contribution >= 0.6 is 34.8 Å². The van der Waals surface area contributed by atoms with Gasteiger partial charge < -0.3 is 0 Å². The summed E-state index contributed by atoms with van der Waals surface area (Å²) in [7, 11) is 0. The van der Waals surface area contributed by atoms with Gasteiger partial charge in [-0.2, -0.15) is 0 Å². The van der Waals surface area contributed by atoms with E-state index in [-0.39, 0.29) is 0 Å². The second-order valence-corrected chi connectivity index (χ2v) is 6.83. The highest BCUT2D eigenvalue weighted by molar-refractivity contribution is 6.36. The van der Waals surface area contributed by atoms with Gasteiger partial charge in [0.25, 0.3) is 0 Å². The molecule has 0 aliphatic rings. The molecule has 0 atom stereocenters. The Morgan fingerprint density at radius 2 is 1.40 bits per heavy atom. The highest BCUT2D eigenvalue weighted by atomic mass is 35.5. The van der Waals surface area contributed by atoms with Gasteiger partial charge >= 0.3 is 0 Å².